The van der Waals surface area contributed by atoms with Crippen LogP contribution in [-0.4, -0.2) is 12.9 Å². The molecule has 0 aliphatic rings. The summed E-state index contributed by atoms with van der Waals surface area (Å²) in [6.45, 7) is 7.88. The van der Waals surface area contributed by atoms with E-state index in [0.29, 0.717) is 5.75 Å². The van der Waals surface area contributed by atoms with Crippen molar-refractivity contribution in [3.05, 3.63) is 36.4 Å². The Morgan fingerprint density at radius 1 is 1.29 bits per heavy atom. The van der Waals surface area contributed by atoms with Crippen LogP contribution in [0.15, 0.2) is 30.8 Å². The number of rotatable bonds is 3. The average molecular weight is 210 g/mol. The Labute approximate surface area is 92.2 Å². The third-order valence-electron chi connectivity index (χ3n) is 1.69. The van der Waals surface area contributed by atoms with Crippen LogP contribution < -0.4 is 4.74 Å². The first kappa shape index (κ1) is 13.1. The third kappa shape index (κ3) is 3.88. The second-order valence-corrected chi connectivity index (χ2v) is 2.81. The SMILES string of the molecule is C=C(CS)c1ccc(OC)cc1.CC. The molecule has 0 spiro atoms. The second kappa shape index (κ2) is 7.51. The van der Waals surface area contributed by atoms with Crippen LogP contribution in [0.1, 0.15) is 19.4 Å². The number of hydrogen-bond donors (Lipinski definition) is 1. The van der Waals surface area contributed by atoms with Crippen molar-refractivity contribution in [2.45, 2.75) is 13.8 Å². The molecule has 0 unspecified atom stereocenters. The van der Waals surface area contributed by atoms with Crippen LogP contribution in [0.4, 0.5) is 0 Å². The van der Waals surface area contributed by atoms with Gasteiger partial charge >= 0.3 is 0 Å². The van der Waals surface area contributed by atoms with Crippen molar-refractivity contribution in [1.29, 1.82) is 0 Å². The Morgan fingerprint density at radius 3 is 2.14 bits per heavy atom. The number of methoxy groups -OCH3 is 1. The molecule has 14 heavy (non-hydrogen) atoms. The summed E-state index contributed by atoms with van der Waals surface area (Å²) in [5.41, 5.74) is 2.15. The molecule has 0 saturated carbocycles. The van der Waals surface area contributed by atoms with Gasteiger partial charge < -0.3 is 4.74 Å². The van der Waals surface area contributed by atoms with Crippen LogP contribution in [0.2, 0.25) is 0 Å². The maximum Gasteiger partial charge on any atom is 0.118 e. The summed E-state index contributed by atoms with van der Waals surface area (Å²) in [6, 6.07) is 7.81. The maximum atomic E-state index is 5.03. The minimum absolute atomic E-state index is 0.687. The fourth-order valence-electron chi connectivity index (χ4n) is 0.918. The van der Waals surface area contributed by atoms with Crippen LogP contribution in [-0.2, 0) is 0 Å². The van der Waals surface area contributed by atoms with Crippen molar-refractivity contribution in [3.8, 4) is 5.75 Å². The predicted molar refractivity (Wildman–Crippen MR) is 67.2 cm³/mol. The molecule has 1 nitrogen and oxygen atoms in total. The fourth-order valence-corrected chi connectivity index (χ4v) is 1.10. The minimum Gasteiger partial charge on any atom is -0.497 e. The van der Waals surface area contributed by atoms with E-state index in [2.05, 4.69) is 19.2 Å². The van der Waals surface area contributed by atoms with Gasteiger partial charge in [0.1, 0.15) is 5.75 Å². The van der Waals surface area contributed by atoms with E-state index >= 15 is 0 Å². The zero-order valence-corrected chi connectivity index (χ0v) is 9.97. The van der Waals surface area contributed by atoms with Crippen LogP contribution in [0.5, 0.6) is 5.75 Å². The van der Waals surface area contributed by atoms with Crippen molar-refractivity contribution >= 4 is 18.2 Å². The van der Waals surface area contributed by atoms with Crippen LogP contribution >= 0.6 is 12.6 Å². The Balaban J connectivity index is 0.000000791. The predicted octanol–water partition coefficient (Wildman–Crippen LogP) is 3.66. The molecule has 0 heterocycles. The standard InChI is InChI=1S/C10H12OS.C2H6/c1-8(7-12)9-3-5-10(11-2)6-4-9;1-2/h3-6,12H,1,7H2,2H3;1-2H3. The van der Waals surface area contributed by atoms with E-state index in [4.69, 9.17) is 4.74 Å². The highest BCUT2D eigenvalue weighted by molar-refractivity contribution is 7.80. The first-order chi connectivity index (χ1) is 6.77. The van der Waals surface area contributed by atoms with E-state index in [1.807, 2.05) is 38.1 Å². The van der Waals surface area contributed by atoms with Gasteiger partial charge in [-0.3, -0.25) is 0 Å². The molecule has 0 aliphatic heterocycles. The monoisotopic (exact) mass is 210 g/mol. The van der Waals surface area contributed by atoms with E-state index < -0.39 is 0 Å². The van der Waals surface area contributed by atoms with E-state index in [1.165, 1.54) is 0 Å². The number of thiol groups is 1. The summed E-state index contributed by atoms with van der Waals surface area (Å²) in [5.74, 6) is 1.55. The first-order valence-electron chi connectivity index (χ1n) is 4.71. The van der Waals surface area contributed by atoms with Crippen molar-refractivity contribution in [3.63, 3.8) is 0 Å². The maximum absolute atomic E-state index is 5.03. The summed E-state index contributed by atoms with van der Waals surface area (Å²) in [4.78, 5) is 0. The topological polar surface area (TPSA) is 9.23 Å². The van der Waals surface area contributed by atoms with Gasteiger partial charge in [-0.05, 0) is 23.3 Å². The van der Waals surface area contributed by atoms with Gasteiger partial charge in [0.05, 0.1) is 7.11 Å². The molecular formula is C12H18OS. The Hall–Kier alpha value is -0.890. The smallest absolute Gasteiger partial charge is 0.118 e. The molecule has 0 saturated heterocycles. The van der Waals surface area contributed by atoms with Crippen molar-refractivity contribution in [2.75, 3.05) is 12.9 Å². The van der Waals surface area contributed by atoms with Crippen LogP contribution in [0, 0.1) is 0 Å². The first-order valence-corrected chi connectivity index (χ1v) is 5.34. The molecule has 0 radical (unpaired) electrons. The Morgan fingerprint density at radius 2 is 1.79 bits per heavy atom. The van der Waals surface area contributed by atoms with Gasteiger partial charge in [0.15, 0.2) is 0 Å². The number of hydrogen-bond acceptors (Lipinski definition) is 2. The van der Waals surface area contributed by atoms with Gasteiger partial charge in [-0.1, -0.05) is 32.6 Å². The molecular weight excluding hydrogens is 192 g/mol. The summed E-state index contributed by atoms with van der Waals surface area (Å²) >= 11 is 4.14. The van der Waals surface area contributed by atoms with Crippen molar-refractivity contribution < 1.29 is 4.74 Å². The summed E-state index contributed by atoms with van der Waals surface area (Å²) in [6.07, 6.45) is 0. The lowest BCUT2D eigenvalue weighted by Gasteiger charge is -2.03. The molecule has 0 atom stereocenters. The van der Waals surface area contributed by atoms with Gasteiger partial charge in [0, 0.05) is 5.75 Å². The normalized spacial score (nSPS) is 8.57. The third-order valence-corrected chi connectivity index (χ3v) is 2.07. The van der Waals surface area contributed by atoms with E-state index in [9.17, 15) is 0 Å². The van der Waals surface area contributed by atoms with E-state index in [-0.39, 0.29) is 0 Å². The summed E-state index contributed by atoms with van der Waals surface area (Å²) < 4.78 is 5.03. The average Bonchev–Trinajstić information content (AvgIpc) is 2.31. The molecule has 0 aromatic heterocycles. The molecule has 1 aromatic carbocycles. The number of ether oxygens (including phenoxy) is 1. The highest BCUT2D eigenvalue weighted by Gasteiger charge is 1.96. The lowest BCUT2D eigenvalue weighted by atomic mass is 10.1. The Bertz CT molecular complexity index is 264. The van der Waals surface area contributed by atoms with Crippen molar-refractivity contribution in [1.82, 2.24) is 0 Å². The van der Waals surface area contributed by atoms with E-state index in [1.54, 1.807) is 7.11 Å². The molecule has 1 aromatic rings. The molecule has 2 heteroatoms. The zero-order valence-electron chi connectivity index (χ0n) is 9.08. The molecule has 0 N–H and O–H groups in total. The zero-order chi connectivity index (χ0) is 11.0. The van der Waals surface area contributed by atoms with Crippen molar-refractivity contribution in [2.24, 2.45) is 0 Å². The molecule has 0 fully saturated rings. The lowest BCUT2D eigenvalue weighted by Crippen LogP contribution is -1.85. The van der Waals surface area contributed by atoms with Gasteiger partial charge in [0.2, 0.25) is 0 Å². The minimum atomic E-state index is 0.687. The second-order valence-electron chi connectivity index (χ2n) is 2.49. The summed E-state index contributed by atoms with van der Waals surface area (Å²) in [7, 11) is 1.66. The van der Waals surface area contributed by atoms with Crippen LogP contribution in [0.25, 0.3) is 5.57 Å². The molecule has 1 rings (SSSR count). The lowest BCUT2D eigenvalue weighted by molar-refractivity contribution is 0.415. The highest BCUT2D eigenvalue weighted by atomic mass is 32.1. The molecule has 0 aliphatic carbocycles. The van der Waals surface area contributed by atoms with E-state index in [0.717, 1.165) is 16.9 Å². The Kier molecular flexibility index (Phi) is 7.03. The molecule has 78 valence electrons. The summed E-state index contributed by atoms with van der Waals surface area (Å²) in [5, 5.41) is 0. The largest absolute Gasteiger partial charge is 0.497 e. The molecule has 0 amide bonds. The quantitative estimate of drug-likeness (QED) is 0.749. The number of benzene rings is 1. The molecule has 0 bridgehead atoms. The highest BCUT2D eigenvalue weighted by Crippen LogP contribution is 2.17. The van der Waals surface area contributed by atoms with Gasteiger partial charge in [-0.25, -0.2) is 0 Å². The fraction of sp³-hybridized carbons (Fsp3) is 0.333. The van der Waals surface area contributed by atoms with Gasteiger partial charge in [-0.15, -0.1) is 0 Å². The van der Waals surface area contributed by atoms with Crippen LogP contribution in [0.3, 0.4) is 0 Å². The van der Waals surface area contributed by atoms with Gasteiger partial charge in [-0.2, -0.15) is 12.6 Å². The van der Waals surface area contributed by atoms with Gasteiger partial charge in [0.25, 0.3) is 0 Å².